The molecule has 2 N–H and O–H groups in total. The summed E-state index contributed by atoms with van der Waals surface area (Å²) in [5.41, 5.74) is 1.38. The maximum Gasteiger partial charge on any atom is 0.251 e. The number of carbonyl (C=O) groups excluding carboxylic acids is 2. The largest absolute Gasteiger partial charge is 0.349 e. The van der Waals surface area contributed by atoms with Gasteiger partial charge in [0.05, 0.1) is 0 Å². The van der Waals surface area contributed by atoms with Crippen LogP contribution in [0.1, 0.15) is 49.9 Å². The van der Waals surface area contributed by atoms with Crippen molar-refractivity contribution in [1.29, 1.82) is 0 Å². The van der Waals surface area contributed by atoms with Gasteiger partial charge in [-0.1, -0.05) is 13.8 Å². The second-order valence-electron chi connectivity index (χ2n) is 5.33. The van der Waals surface area contributed by atoms with Crippen LogP contribution in [-0.2, 0) is 4.79 Å². The molecule has 0 saturated heterocycles. The molecule has 1 aliphatic rings. The minimum atomic E-state index is -0.0567. The van der Waals surface area contributed by atoms with Crippen LogP contribution in [0.4, 0.5) is 5.69 Å². The van der Waals surface area contributed by atoms with E-state index in [-0.39, 0.29) is 23.8 Å². The fourth-order valence-corrected chi connectivity index (χ4v) is 2.06. The molecule has 108 valence electrons. The standard InChI is InChI=1S/C16H22N2O2/c1-3-13(4-2)17-15(19)12-7-9-14(10-8-12)18-16(20)11-5-6-11/h7-11,13H,3-6H2,1-2H3,(H,17,19)(H,18,20). The molecule has 0 heterocycles. The summed E-state index contributed by atoms with van der Waals surface area (Å²) in [7, 11) is 0. The number of carbonyl (C=O) groups is 2. The van der Waals surface area contributed by atoms with Crippen LogP contribution in [0.2, 0.25) is 0 Å². The van der Waals surface area contributed by atoms with Crippen LogP contribution in [0.3, 0.4) is 0 Å². The first-order chi connectivity index (χ1) is 9.63. The van der Waals surface area contributed by atoms with Crippen LogP contribution in [0.25, 0.3) is 0 Å². The smallest absolute Gasteiger partial charge is 0.251 e. The molecule has 2 amide bonds. The van der Waals surface area contributed by atoms with E-state index in [1.165, 1.54) is 0 Å². The molecule has 4 nitrogen and oxygen atoms in total. The number of hydrogen-bond acceptors (Lipinski definition) is 2. The van der Waals surface area contributed by atoms with Crippen molar-refractivity contribution in [1.82, 2.24) is 5.32 Å². The highest BCUT2D eigenvalue weighted by Crippen LogP contribution is 2.30. The Morgan fingerprint density at radius 2 is 1.75 bits per heavy atom. The van der Waals surface area contributed by atoms with Crippen LogP contribution < -0.4 is 10.6 Å². The average Bonchev–Trinajstić information content (AvgIpc) is 3.29. The Morgan fingerprint density at radius 3 is 2.25 bits per heavy atom. The van der Waals surface area contributed by atoms with E-state index in [9.17, 15) is 9.59 Å². The zero-order valence-electron chi connectivity index (χ0n) is 12.1. The van der Waals surface area contributed by atoms with Crippen molar-refractivity contribution in [2.45, 2.75) is 45.6 Å². The van der Waals surface area contributed by atoms with Crippen molar-refractivity contribution >= 4 is 17.5 Å². The SMILES string of the molecule is CCC(CC)NC(=O)c1ccc(NC(=O)C2CC2)cc1. The van der Waals surface area contributed by atoms with E-state index in [1.807, 2.05) is 0 Å². The molecule has 0 radical (unpaired) electrons. The van der Waals surface area contributed by atoms with Gasteiger partial charge in [-0.15, -0.1) is 0 Å². The molecule has 20 heavy (non-hydrogen) atoms. The predicted octanol–water partition coefficient (Wildman–Crippen LogP) is 2.95. The lowest BCUT2D eigenvalue weighted by atomic mass is 10.1. The molecular weight excluding hydrogens is 252 g/mol. The van der Waals surface area contributed by atoms with Crippen molar-refractivity contribution in [3.8, 4) is 0 Å². The molecule has 1 aromatic rings. The molecule has 1 aliphatic carbocycles. The van der Waals surface area contributed by atoms with Gasteiger partial charge in [0.15, 0.2) is 0 Å². The second-order valence-corrected chi connectivity index (χ2v) is 5.33. The van der Waals surface area contributed by atoms with Gasteiger partial charge in [-0.05, 0) is 49.9 Å². The van der Waals surface area contributed by atoms with E-state index in [0.717, 1.165) is 31.4 Å². The monoisotopic (exact) mass is 274 g/mol. The van der Waals surface area contributed by atoms with Crippen molar-refractivity contribution in [2.24, 2.45) is 5.92 Å². The van der Waals surface area contributed by atoms with Gasteiger partial charge in [-0.2, -0.15) is 0 Å². The van der Waals surface area contributed by atoms with Gasteiger partial charge in [0, 0.05) is 23.2 Å². The van der Waals surface area contributed by atoms with Gasteiger partial charge in [0.2, 0.25) is 5.91 Å². The normalized spacial score (nSPS) is 14.2. The minimum absolute atomic E-state index is 0.0567. The number of amides is 2. The lowest BCUT2D eigenvalue weighted by molar-refractivity contribution is -0.117. The van der Waals surface area contributed by atoms with E-state index in [2.05, 4.69) is 24.5 Å². The molecule has 1 aromatic carbocycles. The molecule has 0 aliphatic heterocycles. The third-order valence-electron chi connectivity index (χ3n) is 3.68. The third kappa shape index (κ3) is 3.83. The molecule has 0 atom stereocenters. The number of rotatable bonds is 6. The van der Waals surface area contributed by atoms with Crippen molar-refractivity contribution in [3.63, 3.8) is 0 Å². The maximum atomic E-state index is 12.0. The molecule has 4 heteroatoms. The van der Waals surface area contributed by atoms with Crippen LogP contribution in [-0.4, -0.2) is 17.9 Å². The van der Waals surface area contributed by atoms with Gasteiger partial charge in [0.25, 0.3) is 5.91 Å². The van der Waals surface area contributed by atoms with E-state index in [0.29, 0.717) is 5.56 Å². The third-order valence-corrected chi connectivity index (χ3v) is 3.68. The summed E-state index contributed by atoms with van der Waals surface area (Å²) >= 11 is 0. The number of nitrogens with one attached hydrogen (secondary N) is 2. The Balaban J connectivity index is 1.93. The van der Waals surface area contributed by atoms with Gasteiger partial charge in [0.1, 0.15) is 0 Å². The summed E-state index contributed by atoms with van der Waals surface area (Å²) in [4.78, 5) is 23.7. The van der Waals surface area contributed by atoms with E-state index < -0.39 is 0 Å². The minimum Gasteiger partial charge on any atom is -0.349 e. The fourth-order valence-electron chi connectivity index (χ4n) is 2.06. The topological polar surface area (TPSA) is 58.2 Å². The Labute approximate surface area is 119 Å². The van der Waals surface area contributed by atoms with Crippen LogP contribution >= 0.6 is 0 Å². The molecule has 0 unspecified atom stereocenters. The van der Waals surface area contributed by atoms with Gasteiger partial charge >= 0.3 is 0 Å². The zero-order chi connectivity index (χ0) is 14.5. The highest BCUT2D eigenvalue weighted by molar-refractivity contribution is 5.96. The highest BCUT2D eigenvalue weighted by Gasteiger charge is 2.29. The molecular formula is C16H22N2O2. The summed E-state index contributed by atoms with van der Waals surface area (Å²) in [6, 6.07) is 7.28. The highest BCUT2D eigenvalue weighted by atomic mass is 16.2. The molecule has 1 fully saturated rings. The molecule has 0 bridgehead atoms. The number of benzene rings is 1. The summed E-state index contributed by atoms with van der Waals surface area (Å²) in [6.07, 6.45) is 3.83. The average molecular weight is 274 g/mol. The van der Waals surface area contributed by atoms with Crippen molar-refractivity contribution < 1.29 is 9.59 Å². The van der Waals surface area contributed by atoms with Crippen LogP contribution in [0, 0.1) is 5.92 Å². The van der Waals surface area contributed by atoms with Crippen molar-refractivity contribution in [2.75, 3.05) is 5.32 Å². The van der Waals surface area contributed by atoms with E-state index in [4.69, 9.17) is 0 Å². The second kappa shape index (κ2) is 6.55. The molecule has 1 saturated carbocycles. The van der Waals surface area contributed by atoms with Gasteiger partial charge in [-0.3, -0.25) is 9.59 Å². The Morgan fingerprint density at radius 1 is 1.15 bits per heavy atom. The lowest BCUT2D eigenvalue weighted by Crippen LogP contribution is -2.33. The van der Waals surface area contributed by atoms with Gasteiger partial charge < -0.3 is 10.6 Å². The molecule has 2 rings (SSSR count). The van der Waals surface area contributed by atoms with E-state index in [1.54, 1.807) is 24.3 Å². The number of hydrogen-bond donors (Lipinski definition) is 2. The van der Waals surface area contributed by atoms with Gasteiger partial charge in [-0.25, -0.2) is 0 Å². The number of anilines is 1. The first kappa shape index (κ1) is 14.6. The summed E-state index contributed by atoms with van der Waals surface area (Å²) in [5.74, 6) is 0.214. The Bertz CT molecular complexity index is 474. The first-order valence-corrected chi connectivity index (χ1v) is 7.35. The molecule has 0 aromatic heterocycles. The molecule has 0 spiro atoms. The summed E-state index contributed by atoms with van der Waals surface area (Å²) < 4.78 is 0. The van der Waals surface area contributed by atoms with E-state index >= 15 is 0 Å². The first-order valence-electron chi connectivity index (χ1n) is 7.35. The van der Waals surface area contributed by atoms with Crippen LogP contribution in [0.5, 0.6) is 0 Å². The Kier molecular flexibility index (Phi) is 4.77. The lowest BCUT2D eigenvalue weighted by Gasteiger charge is -2.14. The quantitative estimate of drug-likeness (QED) is 0.838. The summed E-state index contributed by atoms with van der Waals surface area (Å²) in [6.45, 7) is 4.12. The Hall–Kier alpha value is -1.84. The maximum absolute atomic E-state index is 12.0. The van der Waals surface area contributed by atoms with Crippen molar-refractivity contribution in [3.05, 3.63) is 29.8 Å². The predicted molar refractivity (Wildman–Crippen MR) is 79.6 cm³/mol. The fraction of sp³-hybridized carbons (Fsp3) is 0.500. The summed E-state index contributed by atoms with van der Waals surface area (Å²) in [5, 5.41) is 5.86. The zero-order valence-corrected chi connectivity index (χ0v) is 12.1. The van der Waals surface area contributed by atoms with Crippen LogP contribution in [0.15, 0.2) is 24.3 Å².